The standard InChI is InChI=1S/3C18H15P.C7H8.ClH.Ru/c3*1-4-10-16(11-5-1)19(17-12-6-2-7-13-17)18-14-8-3-9-15-18;1-7-5-3-2-4-6-7;;/h3*1-15H;2-6H,1H3;1H;. The van der Waals surface area contributed by atoms with E-state index >= 15 is 0 Å². The van der Waals surface area contributed by atoms with Gasteiger partial charge in [0.1, 0.15) is 0 Å². The molecule has 5 heteroatoms. The van der Waals surface area contributed by atoms with Crippen molar-refractivity contribution in [2.45, 2.75) is 6.92 Å². The van der Waals surface area contributed by atoms with Gasteiger partial charge in [-0.3, -0.25) is 0 Å². The fraction of sp³-hybridized carbons (Fsp3) is 0.0164. The Morgan fingerprint density at radius 1 is 0.182 bits per heavy atom. The summed E-state index contributed by atoms with van der Waals surface area (Å²) in [7, 11) is -1.34. The first-order valence-corrected chi connectivity index (χ1v) is 25.6. The molecule has 0 radical (unpaired) electrons. The summed E-state index contributed by atoms with van der Waals surface area (Å²) in [5.74, 6) is 0. The number of rotatable bonds is 9. The number of hydrogen-bond acceptors (Lipinski definition) is 0. The molecule has 0 saturated carbocycles. The van der Waals surface area contributed by atoms with Gasteiger partial charge in [0, 0.05) is 19.5 Å². The van der Waals surface area contributed by atoms with Gasteiger partial charge in [0.05, 0.1) is 0 Å². The SMILES string of the molecule is Cc1ccccc1.Cl.[Ru].c1ccc(P(c2ccccc2)c2ccccc2)cc1.c1ccc(P(c2ccccc2)c2ccccc2)cc1.c1ccc(P(c2ccccc2)c2ccccc2)cc1. The van der Waals surface area contributed by atoms with Crippen LogP contribution in [0, 0.1) is 6.92 Å². The maximum Gasteiger partial charge on any atom is 0 e. The first-order valence-electron chi connectivity index (χ1n) is 21.6. The van der Waals surface area contributed by atoms with Crippen molar-refractivity contribution in [2.24, 2.45) is 0 Å². The van der Waals surface area contributed by atoms with E-state index in [1.807, 2.05) is 18.2 Å². The van der Waals surface area contributed by atoms with E-state index in [1.165, 1.54) is 53.3 Å². The van der Waals surface area contributed by atoms with Gasteiger partial charge in [-0.05, 0) is 78.4 Å². The molecule has 0 aliphatic carbocycles. The van der Waals surface area contributed by atoms with Crippen molar-refractivity contribution in [2.75, 3.05) is 0 Å². The molecule has 0 spiro atoms. The van der Waals surface area contributed by atoms with Crippen molar-refractivity contribution < 1.29 is 19.5 Å². The van der Waals surface area contributed by atoms with Crippen LogP contribution < -0.4 is 47.7 Å². The summed E-state index contributed by atoms with van der Waals surface area (Å²) >= 11 is 0. The van der Waals surface area contributed by atoms with Crippen molar-refractivity contribution >= 4 is 83.9 Å². The summed E-state index contributed by atoms with van der Waals surface area (Å²) in [4.78, 5) is 0. The molecule has 0 nitrogen and oxygen atoms in total. The van der Waals surface area contributed by atoms with Gasteiger partial charge in [-0.25, -0.2) is 0 Å². The van der Waals surface area contributed by atoms with Gasteiger partial charge in [0.25, 0.3) is 0 Å². The fourth-order valence-electron chi connectivity index (χ4n) is 7.07. The predicted molar refractivity (Wildman–Crippen MR) is 294 cm³/mol. The molecule has 0 aliphatic heterocycles. The summed E-state index contributed by atoms with van der Waals surface area (Å²) in [5, 5.41) is 12.6. The van der Waals surface area contributed by atoms with Gasteiger partial charge >= 0.3 is 0 Å². The number of hydrogen-bond donors (Lipinski definition) is 0. The van der Waals surface area contributed by atoms with Gasteiger partial charge in [-0.15, -0.1) is 12.4 Å². The monoisotopic (exact) mass is 1020 g/mol. The van der Waals surface area contributed by atoms with Gasteiger partial charge in [0.2, 0.25) is 0 Å². The van der Waals surface area contributed by atoms with Crippen LogP contribution in [-0.2, 0) is 19.5 Å². The van der Waals surface area contributed by atoms with Crippen molar-refractivity contribution in [1.29, 1.82) is 0 Å². The predicted octanol–water partition coefficient (Wildman–Crippen LogP) is 12.7. The summed E-state index contributed by atoms with van der Waals surface area (Å²) in [5.41, 5.74) is 1.32. The van der Waals surface area contributed by atoms with E-state index in [-0.39, 0.29) is 31.9 Å². The molecule has 0 N–H and O–H groups in total. The van der Waals surface area contributed by atoms with Crippen LogP contribution in [0.4, 0.5) is 0 Å². The van der Waals surface area contributed by atoms with Gasteiger partial charge in [0.15, 0.2) is 0 Å². The van der Waals surface area contributed by atoms with E-state index in [4.69, 9.17) is 0 Å². The Kier molecular flexibility index (Phi) is 22.7. The van der Waals surface area contributed by atoms with E-state index in [0.717, 1.165) is 0 Å². The Hall–Kier alpha value is -5.60. The van der Waals surface area contributed by atoms with E-state index in [9.17, 15) is 0 Å². The molecule has 10 rings (SSSR count). The molecular weight excluding hydrogens is 962 g/mol. The number of halogens is 1. The van der Waals surface area contributed by atoms with Gasteiger partial charge in [-0.1, -0.05) is 309 Å². The Morgan fingerprint density at radius 3 is 0.379 bits per heavy atom. The maximum atomic E-state index is 2.23. The normalized spacial score (nSPS) is 10.1. The van der Waals surface area contributed by atoms with Crippen molar-refractivity contribution in [3.63, 3.8) is 0 Å². The first-order chi connectivity index (χ1) is 31.7. The molecule has 0 saturated heterocycles. The third kappa shape index (κ3) is 15.8. The summed E-state index contributed by atoms with van der Waals surface area (Å²) in [6, 6.07) is 107. The molecule has 66 heavy (non-hydrogen) atoms. The number of benzene rings is 10. The molecule has 0 bridgehead atoms. The summed E-state index contributed by atoms with van der Waals surface area (Å²) in [6.07, 6.45) is 0. The van der Waals surface area contributed by atoms with Crippen LogP contribution in [0.2, 0.25) is 0 Å². The van der Waals surface area contributed by atoms with E-state index in [0.29, 0.717) is 0 Å². The fourth-order valence-corrected chi connectivity index (χ4v) is 14.0. The molecule has 0 aromatic heterocycles. The molecule has 0 amide bonds. The van der Waals surface area contributed by atoms with Crippen LogP contribution in [0.15, 0.2) is 303 Å². The van der Waals surface area contributed by atoms with E-state index < -0.39 is 23.8 Å². The van der Waals surface area contributed by atoms with Crippen molar-refractivity contribution in [1.82, 2.24) is 0 Å². The third-order valence-corrected chi connectivity index (χ3v) is 17.4. The van der Waals surface area contributed by atoms with Crippen LogP contribution in [-0.4, -0.2) is 0 Å². The molecule has 0 aliphatic rings. The Bertz CT molecular complexity index is 2180. The Balaban J connectivity index is 0.000000170. The van der Waals surface area contributed by atoms with Crippen LogP contribution in [0.3, 0.4) is 0 Å². The molecule has 0 heterocycles. The Morgan fingerprint density at radius 2 is 0.288 bits per heavy atom. The quantitative estimate of drug-likeness (QED) is 0.0998. The molecule has 0 unspecified atom stereocenters. The smallest absolute Gasteiger partial charge is 0 e. The largest absolute Gasteiger partial charge is 0.147 e. The second-order valence-corrected chi connectivity index (χ2v) is 21.3. The minimum Gasteiger partial charge on any atom is -0.147 e. The molecule has 10 aromatic carbocycles. The summed E-state index contributed by atoms with van der Waals surface area (Å²) in [6.45, 7) is 2.08. The van der Waals surface area contributed by atoms with E-state index in [2.05, 4.69) is 292 Å². The van der Waals surface area contributed by atoms with E-state index in [1.54, 1.807) is 0 Å². The second kappa shape index (κ2) is 29.1. The molecule has 10 aromatic rings. The molecular formula is C61H54ClP3Ru. The van der Waals surface area contributed by atoms with Crippen LogP contribution >= 0.6 is 36.2 Å². The molecule has 0 atom stereocenters. The second-order valence-electron chi connectivity index (χ2n) is 14.7. The first kappa shape index (κ1) is 51.4. The summed E-state index contributed by atoms with van der Waals surface area (Å²) < 4.78 is 0. The van der Waals surface area contributed by atoms with Crippen molar-refractivity contribution in [3.05, 3.63) is 309 Å². The topological polar surface area (TPSA) is 0 Å². The van der Waals surface area contributed by atoms with Gasteiger partial charge < -0.3 is 0 Å². The number of aryl methyl sites for hydroxylation is 1. The zero-order valence-corrected chi connectivity index (χ0v) is 42.2. The Labute approximate surface area is 416 Å². The third-order valence-electron chi connectivity index (χ3n) is 10.1. The van der Waals surface area contributed by atoms with Crippen LogP contribution in [0.25, 0.3) is 0 Å². The average Bonchev–Trinajstić information content (AvgIpc) is 3.38. The minimum absolute atomic E-state index is 0. The zero-order chi connectivity index (χ0) is 43.9. The maximum absolute atomic E-state index is 2.23. The average molecular weight is 1020 g/mol. The van der Waals surface area contributed by atoms with Crippen LogP contribution in [0.1, 0.15) is 5.56 Å². The zero-order valence-electron chi connectivity index (χ0n) is 37.0. The van der Waals surface area contributed by atoms with Crippen LogP contribution in [0.5, 0.6) is 0 Å². The van der Waals surface area contributed by atoms with Crippen molar-refractivity contribution in [3.8, 4) is 0 Å². The van der Waals surface area contributed by atoms with Gasteiger partial charge in [-0.2, -0.15) is 0 Å². The molecule has 0 fully saturated rings. The molecule has 328 valence electrons. The minimum atomic E-state index is -0.446.